The lowest BCUT2D eigenvalue weighted by Crippen LogP contribution is -2.68. The first-order chi connectivity index (χ1) is 11.2. The minimum atomic E-state index is -0.637. The van der Waals surface area contributed by atoms with Gasteiger partial charge in [-0.05, 0) is 12.0 Å². The topological polar surface area (TPSA) is 79.4 Å². The number of rotatable bonds is 4. The first kappa shape index (κ1) is 18.3. The lowest BCUT2D eigenvalue weighted by Gasteiger charge is -2.48. The highest BCUT2D eigenvalue weighted by Crippen LogP contribution is 2.32. The predicted octanol–water partition coefficient (Wildman–Crippen LogP) is 0.293. The number of carbonyl (C=O) groups is 3. The zero-order valence-corrected chi connectivity index (χ0v) is 14.7. The summed E-state index contributed by atoms with van der Waals surface area (Å²) in [5.74, 6) is -0.680. The van der Waals surface area contributed by atoms with Gasteiger partial charge in [0.1, 0.15) is 18.4 Å². The largest absolute Gasteiger partial charge is 0.467 e. The summed E-state index contributed by atoms with van der Waals surface area (Å²) in [7, 11) is 2.91. The van der Waals surface area contributed by atoms with E-state index in [1.807, 2.05) is 13.8 Å². The molecule has 0 aromatic heterocycles. The summed E-state index contributed by atoms with van der Waals surface area (Å²) in [6.45, 7) is 8.62. The van der Waals surface area contributed by atoms with Crippen LogP contribution in [0.5, 0.6) is 0 Å². The minimum Gasteiger partial charge on any atom is -0.467 e. The number of hydrogen-bond acceptors (Lipinski definition) is 5. The molecule has 0 saturated carbocycles. The number of likely N-dealkylation sites (tertiary alicyclic amines) is 1. The Morgan fingerprint density at radius 3 is 2.33 bits per heavy atom. The van der Waals surface area contributed by atoms with Crippen LogP contribution in [0.3, 0.4) is 0 Å². The smallest absolute Gasteiger partial charge is 0.328 e. The van der Waals surface area contributed by atoms with Gasteiger partial charge in [0.25, 0.3) is 0 Å². The van der Waals surface area contributed by atoms with Crippen molar-refractivity contribution in [2.45, 2.75) is 25.5 Å². The Morgan fingerprint density at radius 2 is 1.83 bits per heavy atom. The molecule has 0 unspecified atom stereocenters. The molecule has 2 saturated heterocycles. The van der Waals surface area contributed by atoms with Gasteiger partial charge in [0.05, 0.1) is 26.7 Å². The molecule has 2 aliphatic rings. The Kier molecular flexibility index (Phi) is 5.17. The molecule has 24 heavy (non-hydrogen) atoms. The first-order valence-corrected chi connectivity index (χ1v) is 7.89. The fourth-order valence-electron chi connectivity index (χ4n) is 3.24. The molecule has 1 spiro atoms. The zero-order valence-electron chi connectivity index (χ0n) is 14.7. The quantitative estimate of drug-likeness (QED) is 0.543. The van der Waals surface area contributed by atoms with Crippen LogP contribution in [-0.4, -0.2) is 84.8 Å². The van der Waals surface area contributed by atoms with Crippen molar-refractivity contribution in [3.05, 3.63) is 12.7 Å². The molecule has 134 valence electrons. The Balaban J connectivity index is 1.95. The van der Waals surface area contributed by atoms with E-state index in [4.69, 9.17) is 9.47 Å². The van der Waals surface area contributed by atoms with Crippen LogP contribution in [0.15, 0.2) is 12.7 Å². The molecular formula is C16H25N3O5. The van der Waals surface area contributed by atoms with Crippen molar-refractivity contribution in [3.8, 4) is 0 Å². The summed E-state index contributed by atoms with van der Waals surface area (Å²) >= 11 is 0. The summed E-state index contributed by atoms with van der Waals surface area (Å²) in [5.41, 5.74) is -0.506. The number of esters is 1. The van der Waals surface area contributed by atoms with E-state index >= 15 is 0 Å². The lowest BCUT2D eigenvalue weighted by molar-refractivity contribution is -0.147. The summed E-state index contributed by atoms with van der Waals surface area (Å²) < 4.78 is 10.5. The van der Waals surface area contributed by atoms with E-state index in [0.717, 1.165) is 0 Å². The SMILES string of the molecule is C=CC(=O)N1COC2(C1)CN(C(=O)N(C)[C@H](C(=O)OC)C(C)C)C2. The van der Waals surface area contributed by atoms with Gasteiger partial charge in [-0.2, -0.15) is 0 Å². The molecule has 0 aromatic carbocycles. The van der Waals surface area contributed by atoms with Gasteiger partial charge < -0.3 is 24.2 Å². The monoisotopic (exact) mass is 339 g/mol. The van der Waals surface area contributed by atoms with E-state index in [1.165, 1.54) is 18.1 Å². The van der Waals surface area contributed by atoms with E-state index in [0.29, 0.717) is 19.6 Å². The molecule has 2 fully saturated rings. The number of hydrogen-bond donors (Lipinski definition) is 0. The second-order valence-electron chi connectivity index (χ2n) is 6.66. The van der Waals surface area contributed by atoms with E-state index in [2.05, 4.69) is 6.58 Å². The number of carbonyl (C=O) groups excluding carboxylic acids is 3. The molecule has 2 heterocycles. The van der Waals surface area contributed by atoms with Crippen LogP contribution in [0.25, 0.3) is 0 Å². The first-order valence-electron chi connectivity index (χ1n) is 7.89. The van der Waals surface area contributed by atoms with Crippen molar-refractivity contribution < 1.29 is 23.9 Å². The average Bonchev–Trinajstić information content (AvgIpc) is 2.97. The van der Waals surface area contributed by atoms with E-state index in [-0.39, 0.29) is 24.6 Å². The molecular weight excluding hydrogens is 314 g/mol. The Hall–Kier alpha value is -2.09. The van der Waals surface area contributed by atoms with Crippen molar-refractivity contribution in [1.29, 1.82) is 0 Å². The molecule has 2 aliphatic heterocycles. The highest BCUT2D eigenvalue weighted by atomic mass is 16.5. The van der Waals surface area contributed by atoms with Crippen LogP contribution >= 0.6 is 0 Å². The third-order valence-corrected chi connectivity index (χ3v) is 4.51. The zero-order chi connectivity index (χ0) is 18.1. The van der Waals surface area contributed by atoms with Crippen molar-refractivity contribution in [2.75, 3.05) is 40.5 Å². The van der Waals surface area contributed by atoms with Gasteiger partial charge in [0, 0.05) is 7.05 Å². The highest BCUT2D eigenvalue weighted by Gasteiger charge is 2.52. The van der Waals surface area contributed by atoms with Gasteiger partial charge in [-0.3, -0.25) is 4.79 Å². The number of ether oxygens (including phenoxy) is 2. The maximum Gasteiger partial charge on any atom is 0.328 e. The van der Waals surface area contributed by atoms with Crippen molar-refractivity contribution in [3.63, 3.8) is 0 Å². The number of methoxy groups -OCH3 is 1. The summed E-state index contributed by atoms with van der Waals surface area (Å²) in [4.78, 5) is 40.7. The van der Waals surface area contributed by atoms with Crippen molar-refractivity contribution in [1.82, 2.24) is 14.7 Å². The van der Waals surface area contributed by atoms with Crippen molar-refractivity contribution in [2.24, 2.45) is 5.92 Å². The number of nitrogens with zero attached hydrogens (tertiary/aromatic N) is 3. The fourth-order valence-corrected chi connectivity index (χ4v) is 3.24. The Morgan fingerprint density at radius 1 is 1.25 bits per heavy atom. The molecule has 2 rings (SSSR count). The van der Waals surface area contributed by atoms with Gasteiger partial charge in [-0.25, -0.2) is 9.59 Å². The molecule has 0 bridgehead atoms. The predicted molar refractivity (Wildman–Crippen MR) is 86.0 cm³/mol. The lowest BCUT2D eigenvalue weighted by atomic mass is 9.94. The van der Waals surface area contributed by atoms with Gasteiger partial charge in [0.2, 0.25) is 5.91 Å². The van der Waals surface area contributed by atoms with E-state index < -0.39 is 17.6 Å². The van der Waals surface area contributed by atoms with Crippen LogP contribution in [0.2, 0.25) is 0 Å². The third-order valence-electron chi connectivity index (χ3n) is 4.51. The Labute approximate surface area is 142 Å². The summed E-state index contributed by atoms with van der Waals surface area (Å²) in [6.07, 6.45) is 1.25. The molecule has 0 N–H and O–H groups in total. The molecule has 0 aliphatic carbocycles. The van der Waals surface area contributed by atoms with Gasteiger partial charge in [-0.15, -0.1) is 0 Å². The molecule has 1 atom stereocenters. The maximum absolute atomic E-state index is 12.6. The summed E-state index contributed by atoms with van der Waals surface area (Å²) in [6, 6.07) is -0.885. The molecule has 0 radical (unpaired) electrons. The van der Waals surface area contributed by atoms with Gasteiger partial charge in [0.15, 0.2) is 0 Å². The maximum atomic E-state index is 12.6. The van der Waals surface area contributed by atoms with Crippen LogP contribution in [0, 0.1) is 5.92 Å². The minimum absolute atomic E-state index is 0.0647. The molecule has 8 heteroatoms. The van der Waals surface area contributed by atoms with Gasteiger partial charge >= 0.3 is 12.0 Å². The summed E-state index contributed by atoms with van der Waals surface area (Å²) in [5, 5.41) is 0. The second kappa shape index (κ2) is 6.80. The third kappa shape index (κ3) is 3.24. The van der Waals surface area contributed by atoms with Crippen LogP contribution < -0.4 is 0 Å². The number of amides is 3. The van der Waals surface area contributed by atoms with Crippen LogP contribution in [0.1, 0.15) is 13.8 Å². The second-order valence-corrected chi connectivity index (χ2v) is 6.66. The fraction of sp³-hybridized carbons (Fsp3) is 0.688. The van der Waals surface area contributed by atoms with Crippen LogP contribution in [0.4, 0.5) is 4.79 Å². The number of likely N-dealkylation sites (N-methyl/N-ethyl adjacent to an activating group) is 1. The Bertz CT molecular complexity index is 542. The molecule has 0 aromatic rings. The normalized spacial score (nSPS) is 19.9. The van der Waals surface area contributed by atoms with Crippen molar-refractivity contribution >= 4 is 17.9 Å². The van der Waals surface area contributed by atoms with E-state index in [9.17, 15) is 14.4 Å². The van der Waals surface area contributed by atoms with E-state index in [1.54, 1.807) is 16.8 Å². The van der Waals surface area contributed by atoms with Gasteiger partial charge in [-0.1, -0.05) is 20.4 Å². The average molecular weight is 339 g/mol. The number of urea groups is 1. The standard InChI is InChI=1S/C16H25N3O5/c1-6-12(20)19-9-16(24-10-19)7-18(8-16)15(22)17(4)13(11(2)3)14(21)23-5/h6,11,13H,1,7-10H2,2-5H3/t13-/m0/s1. The highest BCUT2D eigenvalue weighted by molar-refractivity contribution is 5.87. The molecule has 8 nitrogen and oxygen atoms in total. The molecule has 3 amide bonds. The van der Waals surface area contributed by atoms with Crippen LogP contribution in [-0.2, 0) is 19.1 Å².